The van der Waals surface area contributed by atoms with Crippen molar-refractivity contribution in [3.63, 3.8) is 0 Å². The molecule has 21 heavy (non-hydrogen) atoms. The summed E-state index contributed by atoms with van der Waals surface area (Å²) in [4.78, 5) is 28.5. The predicted molar refractivity (Wildman–Crippen MR) is 85.1 cm³/mol. The van der Waals surface area contributed by atoms with Crippen LogP contribution in [0.4, 0.5) is 10.5 Å². The van der Waals surface area contributed by atoms with Crippen molar-refractivity contribution in [1.82, 2.24) is 4.98 Å². The Labute approximate surface area is 129 Å². The molecule has 0 unspecified atom stereocenters. The van der Waals surface area contributed by atoms with Gasteiger partial charge in [0.05, 0.1) is 11.9 Å². The molecule has 1 N–H and O–H groups in total. The maximum Gasteiger partial charge on any atom is 0.412 e. The Bertz CT molecular complexity index is 524. The minimum atomic E-state index is -0.559. The molecule has 5 nitrogen and oxygen atoms in total. The van der Waals surface area contributed by atoms with Crippen molar-refractivity contribution >= 4 is 29.3 Å². The van der Waals surface area contributed by atoms with Crippen molar-refractivity contribution in [1.29, 1.82) is 0 Å². The number of rotatable bonds is 5. The fourth-order valence-electron chi connectivity index (χ4n) is 1.58. The number of pyridine rings is 1. The summed E-state index contributed by atoms with van der Waals surface area (Å²) < 4.78 is 5.19. The molecule has 0 bridgehead atoms. The SMILES string of the molecule is CCSc1cc(NC(=O)OC(C)(C)C)cnc1C(=O)CC. The van der Waals surface area contributed by atoms with Gasteiger partial charge in [0.1, 0.15) is 11.3 Å². The number of hydrogen-bond donors (Lipinski definition) is 1. The molecule has 0 fully saturated rings. The number of carbonyl (C=O) groups is 2. The molecule has 0 saturated carbocycles. The van der Waals surface area contributed by atoms with Crippen LogP contribution in [0.25, 0.3) is 0 Å². The molecule has 0 spiro atoms. The van der Waals surface area contributed by atoms with E-state index in [-0.39, 0.29) is 5.78 Å². The highest BCUT2D eigenvalue weighted by molar-refractivity contribution is 7.99. The van der Waals surface area contributed by atoms with Gasteiger partial charge in [-0.2, -0.15) is 0 Å². The van der Waals surface area contributed by atoms with E-state index < -0.39 is 11.7 Å². The largest absolute Gasteiger partial charge is 0.444 e. The summed E-state index contributed by atoms with van der Waals surface area (Å²) in [5.41, 5.74) is 0.420. The van der Waals surface area contributed by atoms with Crippen LogP contribution < -0.4 is 5.32 Å². The number of Topliss-reactive ketones (excluding diaryl/α,β-unsaturated/α-hetero) is 1. The van der Waals surface area contributed by atoms with E-state index in [0.29, 0.717) is 17.8 Å². The number of nitrogens with one attached hydrogen (secondary N) is 1. The Kier molecular flexibility index (Phi) is 6.20. The van der Waals surface area contributed by atoms with Crippen molar-refractivity contribution in [3.05, 3.63) is 18.0 Å². The molecule has 0 aromatic carbocycles. The van der Waals surface area contributed by atoms with Gasteiger partial charge in [-0.05, 0) is 32.6 Å². The van der Waals surface area contributed by atoms with E-state index in [1.54, 1.807) is 33.8 Å². The number of anilines is 1. The number of aromatic nitrogens is 1. The summed E-state index contributed by atoms with van der Waals surface area (Å²) in [6.07, 6.45) is 1.35. The molecule has 0 radical (unpaired) electrons. The molecule has 1 amide bonds. The first-order chi connectivity index (χ1) is 9.76. The van der Waals surface area contributed by atoms with Crippen LogP contribution in [-0.4, -0.2) is 28.2 Å². The van der Waals surface area contributed by atoms with Gasteiger partial charge in [0, 0.05) is 11.3 Å². The zero-order valence-corrected chi connectivity index (χ0v) is 14.0. The number of hydrogen-bond acceptors (Lipinski definition) is 5. The number of nitrogens with zero attached hydrogens (tertiary/aromatic N) is 1. The molecule has 0 aliphatic rings. The average molecular weight is 310 g/mol. The Morgan fingerprint density at radius 1 is 1.33 bits per heavy atom. The van der Waals surface area contributed by atoms with Gasteiger partial charge in [0.15, 0.2) is 5.78 Å². The molecule has 1 aromatic heterocycles. The second kappa shape index (κ2) is 7.45. The van der Waals surface area contributed by atoms with E-state index in [4.69, 9.17) is 4.74 Å². The summed E-state index contributed by atoms with van der Waals surface area (Å²) in [5.74, 6) is 0.816. The first-order valence-electron chi connectivity index (χ1n) is 6.92. The summed E-state index contributed by atoms with van der Waals surface area (Å²) >= 11 is 1.52. The van der Waals surface area contributed by atoms with Gasteiger partial charge in [-0.15, -0.1) is 11.8 Å². The van der Waals surface area contributed by atoms with E-state index in [9.17, 15) is 9.59 Å². The summed E-state index contributed by atoms with van der Waals surface area (Å²) in [6, 6.07) is 1.76. The van der Waals surface area contributed by atoms with Gasteiger partial charge >= 0.3 is 6.09 Å². The predicted octanol–water partition coefficient (Wildman–Crippen LogP) is 4.13. The molecular weight excluding hydrogens is 288 g/mol. The minimum absolute atomic E-state index is 0.00484. The fraction of sp³-hybridized carbons (Fsp3) is 0.533. The lowest BCUT2D eigenvalue weighted by Crippen LogP contribution is -2.27. The average Bonchev–Trinajstić information content (AvgIpc) is 2.36. The summed E-state index contributed by atoms with van der Waals surface area (Å²) in [5, 5.41) is 2.63. The zero-order valence-electron chi connectivity index (χ0n) is 13.1. The van der Waals surface area contributed by atoms with Crippen LogP contribution in [0.5, 0.6) is 0 Å². The maximum absolute atomic E-state index is 11.8. The first kappa shape index (κ1) is 17.5. The third kappa shape index (κ3) is 5.75. The second-order valence-corrected chi connectivity index (χ2v) is 6.71. The topological polar surface area (TPSA) is 68.3 Å². The van der Waals surface area contributed by atoms with E-state index in [1.807, 2.05) is 6.92 Å². The van der Waals surface area contributed by atoms with E-state index >= 15 is 0 Å². The number of amides is 1. The van der Waals surface area contributed by atoms with E-state index in [1.165, 1.54) is 18.0 Å². The molecule has 1 rings (SSSR count). The molecule has 6 heteroatoms. The normalized spacial score (nSPS) is 11.1. The lowest BCUT2D eigenvalue weighted by Gasteiger charge is -2.19. The van der Waals surface area contributed by atoms with Gasteiger partial charge in [0.2, 0.25) is 0 Å². The zero-order chi connectivity index (χ0) is 16.0. The Morgan fingerprint density at radius 3 is 2.52 bits per heavy atom. The van der Waals surface area contributed by atoms with Crippen molar-refractivity contribution in [2.75, 3.05) is 11.1 Å². The van der Waals surface area contributed by atoms with Crippen LogP contribution >= 0.6 is 11.8 Å². The standard InChI is InChI=1S/C15H22N2O3S/c1-6-11(18)13-12(21-7-2)8-10(9-16-13)17-14(19)20-15(3,4)5/h8-9H,6-7H2,1-5H3,(H,17,19). The van der Waals surface area contributed by atoms with Crippen LogP contribution in [0.2, 0.25) is 0 Å². The third-order valence-corrected chi connectivity index (χ3v) is 3.29. The van der Waals surface area contributed by atoms with Crippen molar-refractivity contribution < 1.29 is 14.3 Å². The molecule has 1 aromatic rings. The smallest absolute Gasteiger partial charge is 0.412 e. The monoisotopic (exact) mass is 310 g/mol. The lowest BCUT2D eigenvalue weighted by atomic mass is 10.2. The number of carbonyl (C=O) groups excluding carboxylic acids is 2. The molecule has 0 aliphatic heterocycles. The fourth-order valence-corrected chi connectivity index (χ4v) is 2.40. The van der Waals surface area contributed by atoms with Crippen LogP contribution in [-0.2, 0) is 4.74 Å². The molecule has 0 atom stereocenters. The Balaban J connectivity index is 2.92. The van der Waals surface area contributed by atoms with E-state index in [0.717, 1.165) is 10.6 Å². The molecule has 1 heterocycles. The molecular formula is C15H22N2O3S. The number of thioether (sulfide) groups is 1. The van der Waals surface area contributed by atoms with Gasteiger partial charge in [-0.25, -0.2) is 9.78 Å². The van der Waals surface area contributed by atoms with E-state index in [2.05, 4.69) is 10.3 Å². The number of ketones is 1. The van der Waals surface area contributed by atoms with Gasteiger partial charge < -0.3 is 4.74 Å². The molecule has 0 aliphatic carbocycles. The van der Waals surface area contributed by atoms with Gasteiger partial charge in [0.25, 0.3) is 0 Å². The molecule has 0 saturated heterocycles. The summed E-state index contributed by atoms with van der Waals surface area (Å²) in [7, 11) is 0. The maximum atomic E-state index is 11.8. The Hall–Kier alpha value is -1.56. The second-order valence-electron chi connectivity index (χ2n) is 5.41. The minimum Gasteiger partial charge on any atom is -0.444 e. The van der Waals surface area contributed by atoms with Crippen molar-refractivity contribution in [3.8, 4) is 0 Å². The first-order valence-corrected chi connectivity index (χ1v) is 7.91. The van der Waals surface area contributed by atoms with Gasteiger partial charge in [-0.3, -0.25) is 10.1 Å². The van der Waals surface area contributed by atoms with Crippen molar-refractivity contribution in [2.45, 2.75) is 51.5 Å². The summed E-state index contributed by atoms with van der Waals surface area (Å²) in [6.45, 7) is 9.20. The lowest BCUT2D eigenvalue weighted by molar-refractivity contribution is 0.0635. The number of ether oxygens (including phenoxy) is 1. The van der Waals surface area contributed by atoms with Crippen LogP contribution in [0, 0.1) is 0 Å². The van der Waals surface area contributed by atoms with Crippen molar-refractivity contribution in [2.24, 2.45) is 0 Å². The third-order valence-electron chi connectivity index (χ3n) is 2.38. The van der Waals surface area contributed by atoms with Gasteiger partial charge in [-0.1, -0.05) is 13.8 Å². The highest BCUT2D eigenvalue weighted by Crippen LogP contribution is 2.25. The van der Waals surface area contributed by atoms with Crippen LogP contribution in [0.1, 0.15) is 51.5 Å². The van der Waals surface area contributed by atoms with Crippen LogP contribution in [0.15, 0.2) is 17.2 Å². The quantitative estimate of drug-likeness (QED) is 0.654. The Morgan fingerprint density at radius 2 is 2.00 bits per heavy atom. The highest BCUT2D eigenvalue weighted by atomic mass is 32.2. The van der Waals surface area contributed by atoms with Crippen LogP contribution in [0.3, 0.4) is 0 Å². The molecule has 116 valence electrons. The highest BCUT2D eigenvalue weighted by Gasteiger charge is 2.18.